The molecule has 18 heavy (non-hydrogen) atoms. The van der Waals surface area contributed by atoms with Crippen LogP contribution in [0.1, 0.15) is 28.3 Å². The van der Waals surface area contributed by atoms with Crippen LogP contribution in [0.15, 0.2) is 41.1 Å². The summed E-state index contributed by atoms with van der Waals surface area (Å²) in [7, 11) is 1.98. The summed E-state index contributed by atoms with van der Waals surface area (Å²) in [6, 6.07) is 8.70. The first kappa shape index (κ1) is 13.2. The van der Waals surface area contributed by atoms with E-state index in [1.54, 1.807) is 0 Å². The number of aromatic nitrogens is 1. The summed E-state index contributed by atoms with van der Waals surface area (Å²) in [4.78, 5) is 4.23. The van der Waals surface area contributed by atoms with Gasteiger partial charge in [-0.05, 0) is 61.3 Å². The lowest BCUT2D eigenvalue weighted by atomic mass is 9.96. The molecule has 1 N–H and O–H groups in total. The molecule has 0 aliphatic rings. The summed E-state index contributed by atoms with van der Waals surface area (Å²) in [6.07, 6.45) is 3.77. The molecule has 2 nitrogen and oxygen atoms in total. The number of nitrogens with one attached hydrogen (secondary N) is 1. The highest BCUT2D eigenvalue weighted by Crippen LogP contribution is 2.27. The molecule has 0 amide bonds. The fourth-order valence-corrected chi connectivity index (χ4v) is 2.84. The number of rotatable bonds is 3. The van der Waals surface area contributed by atoms with Gasteiger partial charge in [0.1, 0.15) is 0 Å². The van der Waals surface area contributed by atoms with Crippen molar-refractivity contribution in [3.8, 4) is 0 Å². The van der Waals surface area contributed by atoms with Gasteiger partial charge in [0.05, 0.1) is 6.04 Å². The Bertz CT molecular complexity index is 532. The summed E-state index contributed by atoms with van der Waals surface area (Å²) in [6.45, 7) is 4.23. The van der Waals surface area contributed by atoms with E-state index in [2.05, 4.69) is 58.3 Å². The van der Waals surface area contributed by atoms with Crippen LogP contribution in [0.3, 0.4) is 0 Å². The van der Waals surface area contributed by atoms with Gasteiger partial charge < -0.3 is 5.32 Å². The Labute approximate surface area is 117 Å². The van der Waals surface area contributed by atoms with E-state index >= 15 is 0 Å². The Morgan fingerprint density at radius 1 is 1.22 bits per heavy atom. The Morgan fingerprint density at radius 2 is 2.00 bits per heavy atom. The third-order valence-electron chi connectivity index (χ3n) is 3.08. The van der Waals surface area contributed by atoms with Crippen molar-refractivity contribution in [3.05, 3.63) is 63.4 Å². The zero-order valence-corrected chi connectivity index (χ0v) is 12.5. The molecule has 1 atom stereocenters. The number of pyridine rings is 1. The maximum Gasteiger partial charge on any atom is 0.0592 e. The smallest absolute Gasteiger partial charge is 0.0592 e. The SMILES string of the molecule is CNC(c1cc(C)cc(Br)c1)c1cnccc1C. The molecule has 0 radical (unpaired) electrons. The molecule has 3 heteroatoms. The number of halogens is 1. The Hall–Kier alpha value is -1.19. The van der Waals surface area contributed by atoms with Crippen molar-refractivity contribution in [2.24, 2.45) is 0 Å². The standard InChI is InChI=1S/C15H17BrN2/c1-10-6-12(8-13(16)7-10)15(17-3)14-9-18-5-4-11(14)2/h4-9,15,17H,1-3H3. The molecule has 0 aliphatic carbocycles. The van der Waals surface area contributed by atoms with Crippen LogP contribution in [0.2, 0.25) is 0 Å². The van der Waals surface area contributed by atoms with Crippen LogP contribution in [0.5, 0.6) is 0 Å². The van der Waals surface area contributed by atoms with Gasteiger partial charge in [0.25, 0.3) is 0 Å². The number of hydrogen-bond donors (Lipinski definition) is 1. The molecule has 0 spiro atoms. The highest BCUT2D eigenvalue weighted by atomic mass is 79.9. The minimum atomic E-state index is 0.176. The Morgan fingerprint density at radius 3 is 2.61 bits per heavy atom. The maximum absolute atomic E-state index is 4.23. The van der Waals surface area contributed by atoms with E-state index in [0.717, 1.165) is 4.47 Å². The monoisotopic (exact) mass is 304 g/mol. The third kappa shape index (κ3) is 2.79. The van der Waals surface area contributed by atoms with E-state index in [1.165, 1.54) is 22.3 Å². The molecule has 94 valence electrons. The first-order valence-corrected chi connectivity index (χ1v) is 6.76. The summed E-state index contributed by atoms with van der Waals surface area (Å²) >= 11 is 3.56. The lowest BCUT2D eigenvalue weighted by Gasteiger charge is -2.19. The van der Waals surface area contributed by atoms with Gasteiger partial charge in [0.2, 0.25) is 0 Å². The summed E-state index contributed by atoms with van der Waals surface area (Å²) in [5, 5.41) is 3.37. The topological polar surface area (TPSA) is 24.9 Å². The van der Waals surface area contributed by atoms with E-state index in [4.69, 9.17) is 0 Å². The van der Waals surface area contributed by atoms with E-state index in [9.17, 15) is 0 Å². The van der Waals surface area contributed by atoms with Gasteiger partial charge in [-0.25, -0.2) is 0 Å². The van der Waals surface area contributed by atoms with E-state index in [1.807, 2.05) is 25.5 Å². The molecule has 0 aliphatic heterocycles. The minimum absolute atomic E-state index is 0.176. The fourth-order valence-electron chi connectivity index (χ4n) is 2.21. The summed E-state index contributed by atoms with van der Waals surface area (Å²) in [5.41, 5.74) is 4.97. The average Bonchev–Trinajstić information content (AvgIpc) is 2.31. The molecule has 2 aromatic rings. The quantitative estimate of drug-likeness (QED) is 0.933. The third-order valence-corrected chi connectivity index (χ3v) is 3.53. The number of hydrogen-bond acceptors (Lipinski definition) is 2. The Kier molecular flexibility index (Phi) is 4.15. The number of benzene rings is 1. The maximum atomic E-state index is 4.23. The molecule has 1 aromatic heterocycles. The Balaban J connectivity index is 2.48. The van der Waals surface area contributed by atoms with Crippen molar-refractivity contribution < 1.29 is 0 Å². The predicted octanol–water partition coefficient (Wildman–Crippen LogP) is 3.77. The van der Waals surface area contributed by atoms with Crippen molar-refractivity contribution in [1.29, 1.82) is 0 Å². The van der Waals surface area contributed by atoms with E-state index < -0.39 is 0 Å². The lowest BCUT2D eigenvalue weighted by Crippen LogP contribution is -2.19. The van der Waals surface area contributed by atoms with Gasteiger partial charge in [0.15, 0.2) is 0 Å². The normalized spacial score (nSPS) is 12.4. The van der Waals surface area contributed by atoms with Crippen molar-refractivity contribution in [2.75, 3.05) is 7.05 Å². The van der Waals surface area contributed by atoms with Crippen molar-refractivity contribution in [2.45, 2.75) is 19.9 Å². The molecular weight excluding hydrogens is 288 g/mol. The van der Waals surface area contributed by atoms with Crippen LogP contribution in [0.25, 0.3) is 0 Å². The largest absolute Gasteiger partial charge is 0.309 e. The van der Waals surface area contributed by atoms with Crippen LogP contribution in [-0.4, -0.2) is 12.0 Å². The lowest BCUT2D eigenvalue weighted by molar-refractivity contribution is 0.683. The first-order valence-electron chi connectivity index (χ1n) is 5.96. The van der Waals surface area contributed by atoms with Gasteiger partial charge in [-0.3, -0.25) is 4.98 Å². The minimum Gasteiger partial charge on any atom is -0.309 e. The molecule has 1 aromatic carbocycles. The molecule has 0 saturated heterocycles. The van der Waals surface area contributed by atoms with Crippen LogP contribution >= 0.6 is 15.9 Å². The molecule has 2 rings (SSSR count). The fraction of sp³-hybridized carbons (Fsp3) is 0.267. The van der Waals surface area contributed by atoms with Crippen LogP contribution < -0.4 is 5.32 Å². The van der Waals surface area contributed by atoms with Gasteiger partial charge in [-0.2, -0.15) is 0 Å². The van der Waals surface area contributed by atoms with Crippen LogP contribution in [0, 0.1) is 13.8 Å². The van der Waals surface area contributed by atoms with E-state index in [0.29, 0.717) is 0 Å². The van der Waals surface area contributed by atoms with Crippen molar-refractivity contribution in [3.63, 3.8) is 0 Å². The molecule has 0 fully saturated rings. The zero-order valence-electron chi connectivity index (χ0n) is 10.9. The molecule has 1 unspecified atom stereocenters. The second-order valence-corrected chi connectivity index (χ2v) is 5.43. The summed E-state index contributed by atoms with van der Waals surface area (Å²) < 4.78 is 1.11. The van der Waals surface area contributed by atoms with Gasteiger partial charge in [-0.15, -0.1) is 0 Å². The van der Waals surface area contributed by atoms with Crippen molar-refractivity contribution >= 4 is 15.9 Å². The van der Waals surface area contributed by atoms with Crippen molar-refractivity contribution in [1.82, 2.24) is 10.3 Å². The molecule has 1 heterocycles. The molecule has 0 bridgehead atoms. The van der Waals surface area contributed by atoms with Crippen LogP contribution in [-0.2, 0) is 0 Å². The highest BCUT2D eigenvalue weighted by Gasteiger charge is 2.15. The van der Waals surface area contributed by atoms with Gasteiger partial charge in [-0.1, -0.05) is 22.0 Å². The first-order chi connectivity index (χ1) is 8.61. The molecular formula is C15H17BrN2. The molecule has 0 saturated carbocycles. The van der Waals surface area contributed by atoms with Gasteiger partial charge >= 0.3 is 0 Å². The second-order valence-electron chi connectivity index (χ2n) is 4.52. The van der Waals surface area contributed by atoms with Crippen LogP contribution in [0.4, 0.5) is 0 Å². The van der Waals surface area contributed by atoms with Gasteiger partial charge in [0, 0.05) is 16.9 Å². The average molecular weight is 305 g/mol. The van der Waals surface area contributed by atoms with E-state index in [-0.39, 0.29) is 6.04 Å². The second kappa shape index (κ2) is 5.63. The summed E-state index contributed by atoms with van der Waals surface area (Å²) in [5.74, 6) is 0. The highest BCUT2D eigenvalue weighted by molar-refractivity contribution is 9.10. The number of aryl methyl sites for hydroxylation is 2. The number of nitrogens with zero attached hydrogens (tertiary/aromatic N) is 1. The zero-order chi connectivity index (χ0) is 13.1. The predicted molar refractivity (Wildman–Crippen MR) is 78.8 cm³/mol.